The van der Waals surface area contributed by atoms with Crippen molar-refractivity contribution < 1.29 is 14.4 Å². The second-order valence-corrected chi connectivity index (χ2v) is 7.37. The number of anilines is 1. The van der Waals surface area contributed by atoms with E-state index < -0.39 is 17.2 Å². The molecule has 1 aromatic carbocycles. The van der Waals surface area contributed by atoms with Gasteiger partial charge in [-0.2, -0.15) is 0 Å². The molecule has 0 bridgehead atoms. The zero-order chi connectivity index (χ0) is 18.6. The number of nitrogens with one attached hydrogen (secondary N) is 2. The van der Waals surface area contributed by atoms with Crippen LogP contribution in [0, 0.1) is 0 Å². The largest absolute Gasteiger partial charge is 0.336 e. The fourth-order valence-corrected chi connectivity index (χ4v) is 3.21. The minimum absolute atomic E-state index is 0.00424. The normalized spacial score (nSPS) is 15.2. The summed E-state index contributed by atoms with van der Waals surface area (Å²) in [6.07, 6.45) is 0. The molecule has 0 fully saturated rings. The SMILES string of the molecule is CC(C)NC(=O)NC(=O)[C@H](C)SC1=NCC(=O)N1c1ccccc1Cl. The average molecular weight is 383 g/mol. The average Bonchev–Trinajstić information content (AvgIpc) is 2.87. The first kappa shape index (κ1) is 19.3. The molecule has 4 amide bonds. The lowest BCUT2D eigenvalue weighted by Gasteiger charge is -2.21. The van der Waals surface area contributed by atoms with E-state index in [1.54, 1.807) is 45.0 Å². The van der Waals surface area contributed by atoms with Crippen molar-refractivity contribution in [2.75, 3.05) is 11.4 Å². The first-order valence-electron chi connectivity index (χ1n) is 7.69. The standard InChI is InChI=1S/C16H19ClN4O3S/c1-9(2)19-15(24)20-14(23)10(3)25-16-18-8-13(22)21(16)12-7-5-4-6-11(12)17/h4-7,9-10H,8H2,1-3H3,(H2,19,20,23,24)/t10-/m0/s1. The van der Waals surface area contributed by atoms with Gasteiger partial charge in [-0.3, -0.25) is 24.8 Å². The number of rotatable bonds is 4. The molecule has 1 heterocycles. The molecule has 0 aromatic heterocycles. The number of aliphatic imine (C=N–C) groups is 1. The molecule has 0 saturated carbocycles. The summed E-state index contributed by atoms with van der Waals surface area (Å²) in [6, 6.07) is 6.28. The van der Waals surface area contributed by atoms with Gasteiger partial charge in [0.15, 0.2) is 5.17 Å². The number of urea groups is 1. The van der Waals surface area contributed by atoms with Gasteiger partial charge in [0.2, 0.25) is 5.91 Å². The molecule has 1 aliphatic heterocycles. The number of benzene rings is 1. The summed E-state index contributed by atoms with van der Waals surface area (Å²) in [5.74, 6) is -0.690. The van der Waals surface area contributed by atoms with Gasteiger partial charge in [0.1, 0.15) is 6.54 Å². The molecule has 1 atom stereocenters. The predicted octanol–water partition coefficient (Wildman–Crippen LogP) is 2.40. The molecule has 25 heavy (non-hydrogen) atoms. The third kappa shape index (κ3) is 4.96. The maximum Gasteiger partial charge on any atom is 0.321 e. The monoisotopic (exact) mass is 382 g/mol. The molecule has 134 valence electrons. The van der Waals surface area contributed by atoms with Gasteiger partial charge in [-0.15, -0.1) is 0 Å². The Labute approximate surface area is 155 Å². The molecule has 0 radical (unpaired) electrons. The van der Waals surface area contributed by atoms with Crippen molar-refractivity contribution in [3.63, 3.8) is 0 Å². The van der Waals surface area contributed by atoms with E-state index in [1.165, 1.54) is 4.90 Å². The van der Waals surface area contributed by atoms with Crippen LogP contribution in [-0.4, -0.2) is 40.8 Å². The maximum atomic E-state index is 12.2. The van der Waals surface area contributed by atoms with E-state index in [0.29, 0.717) is 15.9 Å². The lowest BCUT2D eigenvalue weighted by Crippen LogP contribution is -2.45. The number of para-hydroxylation sites is 1. The highest BCUT2D eigenvalue weighted by molar-refractivity contribution is 8.15. The van der Waals surface area contributed by atoms with Crippen LogP contribution in [0.15, 0.2) is 29.3 Å². The highest BCUT2D eigenvalue weighted by Gasteiger charge is 2.31. The summed E-state index contributed by atoms with van der Waals surface area (Å²) in [5.41, 5.74) is 0.517. The Bertz CT molecular complexity index is 723. The number of halogens is 1. The van der Waals surface area contributed by atoms with Gasteiger partial charge in [-0.25, -0.2) is 4.79 Å². The molecule has 1 aliphatic rings. The van der Waals surface area contributed by atoms with Crippen molar-refractivity contribution in [3.05, 3.63) is 29.3 Å². The number of hydrogen-bond donors (Lipinski definition) is 2. The first-order valence-corrected chi connectivity index (χ1v) is 8.95. The fraction of sp³-hybridized carbons (Fsp3) is 0.375. The summed E-state index contributed by atoms with van der Waals surface area (Å²) in [5, 5.41) is 5.02. The molecular weight excluding hydrogens is 364 g/mol. The number of nitrogens with zero attached hydrogens (tertiary/aromatic N) is 2. The van der Waals surface area contributed by atoms with E-state index in [-0.39, 0.29) is 18.5 Å². The Morgan fingerprint density at radius 2 is 1.96 bits per heavy atom. The minimum Gasteiger partial charge on any atom is -0.336 e. The van der Waals surface area contributed by atoms with Gasteiger partial charge >= 0.3 is 6.03 Å². The number of carbonyl (C=O) groups excluding carboxylic acids is 3. The Morgan fingerprint density at radius 3 is 2.60 bits per heavy atom. The molecule has 7 nitrogen and oxygen atoms in total. The number of imide groups is 1. The van der Waals surface area contributed by atoms with Gasteiger partial charge in [-0.05, 0) is 32.9 Å². The topological polar surface area (TPSA) is 90.9 Å². The molecule has 9 heteroatoms. The predicted molar refractivity (Wildman–Crippen MR) is 100 cm³/mol. The lowest BCUT2D eigenvalue weighted by molar-refractivity contribution is -0.119. The maximum absolute atomic E-state index is 12.2. The van der Waals surface area contributed by atoms with Gasteiger partial charge in [-0.1, -0.05) is 35.5 Å². The number of thioether (sulfide) groups is 1. The Balaban J connectivity index is 2.05. The number of amidine groups is 1. The van der Waals surface area contributed by atoms with Crippen molar-refractivity contribution in [3.8, 4) is 0 Å². The summed E-state index contributed by atoms with van der Waals surface area (Å²) in [6.45, 7) is 5.22. The third-order valence-corrected chi connectivity index (χ3v) is 4.60. The van der Waals surface area contributed by atoms with Crippen LogP contribution in [0.1, 0.15) is 20.8 Å². The molecule has 2 rings (SSSR count). The van der Waals surface area contributed by atoms with E-state index in [9.17, 15) is 14.4 Å². The Hall–Kier alpha value is -2.06. The van der Waals surface area contributed by atoms with Crippen molar-refractivity contribution in [2.24, 2.45) is 4.99 Å². The van der Waals surface area contributed by atoms with Gasteiger partial charge in [0, 0.05) is 6.04 Å². The second kappa shape index (κ2) is 8.35. The van der Waals surface area contributed by atoms with Crippen molar-refractivity contribution >= 4 is 52.1 Å². The van der Waals surface area contributed by atoms with Crippen molar-refractivity contribution in [2.45, 2.75) is 32.1 Å². The van der Waals surface area contributed by atoms with Crippen molar-refractivity contribution in [1.82, 2.24) is 10.6 Å². The van der Waals surface area contributed by atoms with Crippen LogP contribution in [-0.2, 0) is 9.59 Å². The molecule has 0 spiro atoms. The Kier molecular flexibility index (Phi) is 6.44. The Morgan fingerprint density at radius 1 is 1.28 bits per heavy atom. The summed E-state index contributed by atoms with van der Waals surface area (Å²) >= 11 is 7.26. The van der Waals surface area contributed by atoms with E-state index in [4.69, 9.17) is 11.6 Å². The number of carbonyl (C=O) groups is 3. The fourth-order valence-electron chi connectivity index (χ4n) is 2.07. The van der Waals surface area contributed by atoms with Crippen LogP contribution >= 0.6 is 23.4 Å². The number of hydrogen-bond acceptors (Lipinski definition) is 5. The van der Waals surface area contributed by atoms with Gasteiger partial charge in [0.05, 0.1) is 16.0 Å². The van der Waals surface area contributed by atoms with Crippen molar-refractivity contribution in [1.29, 1.82) is 0 Å². The zero-order valence-corrected chi connectivity index (χ0v) is 15.6. The van der Waals surface area contributed by atoms with E-state index >= 15 is 0 Å². The minimum atomic E-state index is -0.618. The molecule has 0 aliphatic carbocycles. The summed E-state index contributed by atoms with van der Waals surface area (Å²) in [4.78, 5) is 41.5. The quantitative estimate of drug-likeness (QED) is 0.836. The molecule has 0 saturated heterocycles. The van der Waals surface area contributed by atoms with Crippen LogP contribution in [0.4, 0.5) is 10.5 Å². The smallest absolute Gasteiger partial charge is 0.321 e. The van der Waals surface area contributed by atoms with Crippen LogP contribution in [0.5, 0.6) is 0 Å². The molecule has 1 aromatic rings. The van der Waals surface area contributed by atoms with Gasteiger partial charge < -0.3 is 5.32 Å². The first-order chi connectivity index (χ1) is 11.8. The number of amides is 4. The van der Waals surface area contributed by atoms with E-state index in [2.05, 4.69) is 15.6 Å². The highest BCUT2D eigenvalue weighted by Crippen LogP contribution is 2.31. The zero-order valence-electron chi connectivity index (χ0n) is 14.1. The second-order valence-electron chi connectivity index (χ2n) is 5.66. The van der Waals surface area contributed by atoms with E-state index in [0.717, 1.165) is 11.8 Å². The molecule has 0 unspecified atom stereocenters. The molecule has 2 N–H and O–H groups in total. The van der Waals surface area contributed by atoms with Gasteiger partial charge in [0.25, 0.3) is 5.91 Å². The molecular formula is C16H19ClN4O3S. The van der Waals surface area contributed by atoms with Crippen LogP contribution in [0.25, 0.3) is 0 Å². The van der Waals surface area contributed by atoms with Crippen LogP contribution in [0.3, 0.4) is 0 Å². The third-order valence-electron chi connectivity index (χ3n) is 3.19. The van der Waals surface area contributed by atoms with E-state index in [1.807, 2.05) is 0 Å². The lowest BCUT2D eigenvalue weighted by atomic mass is 10.3. The highest BCUT2D eigenvalue weighted by atomic mass is 35.5. The summed E-state index contributed by atoms with van der Waals surface area (Å²) in [7, 11) is 0. The van der Waals surface area contributed by atoms with Crippen LogP contribution in [0.2, 0.25) is 5.02 Å². The van der Waals surface area contributed by atoms with Crippen LogP contribution < -0.4 is 15.5 Å². The summed E-state index contributed by atoms with van der Waals surface area (Å²) < 4.78 is 0.